The number of hydrogen-bond donors (Lipinski definition) is 0. The number of pyridine rings is 2. The zero-order valence-corrected chi connectivity index (χ0v) is 24.8. The fourth-order valence-corrected chi connectivity index (χ4v) is 7.78. The molecule has 0 bridgehead atoms. The van der Waals surface area contributed by atoms with Crippen LogP contribution in [0.5, 0.6) is 11.5 Å². The Morgan fingerprint density at radius 1 is 0.478 bits per heavy atom. The second kappa shape index (κ2) is 9.47. The summed E-state index contributed by atoms with van der Waals surface area (Å²) in [6.45, 7) is 0. The Kier molecular flexibility index (Phi) is 5.20. The molecule has 3 heterocycles. The molecule has 0 N–H and O–H groups in total. The maximum Gasteiger partial charge on any atom is 0.132 e. The van der Waals surface area contributed by atoms with Gasteiger partial charge >= 0.3 is 0 Å². The highest BCUT2D eigenvalue weighted by molar-refractivity contribution is 6.05. The Bertz CT molecular complexity index is 2470. The lowest BCUT2D eigenvalue weighted by Gasteiger charge is -2.39. The third-order valence-corrected chi connectivity index (χ3v) is 9.84. The minimum atomic E-state index is -0.472. The van der Waals surface area contributed by atoms with Crippen LogP contribution >= 0.6 is 0 Å². The monoisotopic (exact) mass is 586 g/mol. The minimum absolute atomic E-state index is 0.472. The Balaban J connectivity index is 1.12. The predicted molar refractivity (Wildman–Crippen MR) is 185 cm³/mol. The van der Waals surface area contributed by atoms with Crippen LogP contribution < -0.4 is 4.74 Å². The van der Waals surface area contributed by atoms with Crippen LogP contribution in [0.1, 0.15) is 22.3 Å². The molecule has 1 aliphatic heterocycles. The number of nitrogens with zero attached hydrogens (tertiary/aromatic N) is 2. The number of aromatic nitrogens is 2. The number of benzene rings is 6. The third kappa shape index (κ3) is 3.43. The van der Waals surface area contributed by atoms with E-state index < -0.39 is 5.41 Å². The van der Waals surface area contributed by atoms with Gasteiger partial charge in [0.25, 0.3) is 0 Å². The summed E-state index contributed by atoms with van der Waals surface area (Å²) in [5.41, 5.74) is 12.3. The van der Waals surface area contributed by atoms with Crippen LogP contribution in [0.3, 0.4) is 0 Å². The molecule has 0 radical (unpaired) electrons. The van der Waals surface area contributed by atoms with Gasteiger partial charge < -0.3 is 4.74 Å². The molecule has 1 spiro atoms. The molecule has 0 atom stereocenters. The van der Waals surface area contributed by atoms with Gasteiger partial charge in [0, 0.05) is 39.9 Å². The lowest BCUT2D eigenvalue weighted by Crippen LogP contribution is -2.32. The molecule has 0 fully saturated rings. The Labute approximate surface area is 266 Å². The van der Waals surface area contributed by atoms with E-state index in [1.807, 2.05) is 18.5 Å². The minimum Gasteiger partial charge on any atom is -0.457 e. The molecule has 214 valence electrons. The molecule has 2 aromatic heterocycles. The van der Waals surface area contributed by atoms with Crippen LogP contribution in [-0.2, 0) is 5.41 Å². The van der Waals surface area contributed by atoms with E-state index >= 15 is 0 Å². The van der Waals surface area contributed by atoms with E-state index in [0.29, 0.717) is 0 Å². The van der Waals surface area contributed by atoms with Crippen LogP contribution in [0.15, 0.2) is 158 Å². The first kappa shape index (κ1) is 25.3. The maximum atomic E-state index is 6.61. The number of para-hydroxylation sites is 1. The quantitative estimate of drug-likeness (QED) is 0.189. The van der Waals surface area contributed by atoms with E-state index in [-0.39, 0.29) is 0 Å². The second-order valence-corrected chi connectivity index (χ2v) is 12.2. The highest BCUT2D eigenvalue weighted by Crippen LogP contribution is 2.62. The summed E-state index contributed by atoms with van der Waals surface area (Å²) in [4.78, 5) is 9.45. The van der Waals surface area contributed by atoms with Crippen molar-refractivity contribution in [1.29, 1.82) is 0 Å². The Morgan fingerprint density at radius 3 is 1.91 bits per heavy atom. The molecule has 46 heavy (non-hydrogen) atoms. The van der Waals surface area contributed by atoms with Gasteiger partial charge in [-0.2, -0.15) is 0 Å². The van der Waals surface area contributed by atoms with Crippen molar-refractivity contribution < 1.29 is 4.74 Å². The maximum absolute atomic E-state index is 6.61. The van der Waals surface area contributed by atoms with Gasteiger partial charge in [-0.1, -0.05) is 115 Å². The van der Waals surface area contributed by atoms with E-state index in [9.17, 15) is 0 Å². The highest BCUT2D eigenvalue weighted by Gasteiger charge is 2.50. The molecular formula is C43H26N2O. The van der Waals surface area contributed by atoms with E-state index in [0.717, 1.165) is 55.6 Å². The SMILES string of the molecule is c1ccc2c(c1)Oc1ccc(-c3ccc(-c4ccc5ccc6ccncc6c5n4)cc3)cc1C21c2ccccc2-c2ccccc21. The molecule has 6 aromatic carbocycles. The van der Waals surface area contributed by atoms with Crippen LogP contribution in [0.25, 0.3) is 55.2 Å². The van der Waals surface area contributed by atoms with Gasteiger partial charge in [0.1, 0.15) is 11.5 Å². The lowest BCUT2D eigenvalue weighted by atomic mass is 9.66. The Morgan fingerprint density at radius 2 is 1.11 bits per heavy atom. The molecule has 0 saturated carbocycles. The fourth-order valence-electron chi connectivity index (χ4n) is 7.78. The van der Waals surface area contributed by atoms with Crippen molar-refractivity contribution in [2.75, 3.05) is 0 Å². The molecule has 3 heteroatoms. The van der Waals surface area contributed by atoms with Crippen molar-refractivity contribution in [2.45, 2.75) is 5.41 Å². The van der Waals surface area contributed by atoms with Gasteiger partial charge in [0.05, 0.1) is 16.6 Å². The molecule has 8 aromatic rings. The normalized spacial score (nSPS) is 13.6. The smallest absolute Gasteiger partial charge is 0.132 e. The molecular weight excluding hydrogens is 560 g/mol. The Hall–Kier alpha value is -6.06. The highest BCUT2D eigenvalue weighted by atomic mass is 16.5. The summed E-state index contributed by atoms with van der Waals surface area (Å²) in [5, 5.41) is 3.33. The van der Waals surface area contributed by atoms with Gasteiger partial charge in [-0.3, -0.25) is 4.98 Å². The number of hydrogen-bond acceptors (Lipinski definition) is 3. The second-order valence-electron chi connectivity index (χ2n) is 12.2. The fraction of sp³-hybridized carbons (Fsp3) is 0.0233. The van der Waals surface area contributed by atoms with Crippen molar-refractivity contribution in [3.63, 3.8) is 0 Å². The van der Waals surface area contributed by atoms with Gasteiger partial charge in [-0.25, -0.2) is 4.98 Å². The summed E-state index contributed by atoms with van der Waals surface area (Å²) in [6.07, 6.45) is 3.73. The predicted octanol–water partition coefficient (Wildman–Crippen LogP) is 10.6. The summed E-state index contributed by atoms with van der Waals surface area (Å²) in [6, 6.07) is 52.2. The lowest BCUT2D eigenvalue weighted by molar-refractivity contribution is 0.436. The molecule has 10 rings (SSSR count). The first-order valence-electron chi connectivity index (χ1n) is 15.6. The topological polar surface area (TPSA) is 35.0 Å². The van der Waals surface area contributed by atoms with E-state index in [1.165, 1.54) is 33.4 Å². The first-order valence-corrected chi connectivity index (χ1v) is 15.6. The van der Waals surface area contributed by atoms with Gasteiger partial charge in [0.2, 0.25) is 0 Å². The molecule has 0 amide bonds. The van der Waals surface area contributed by atoms with Crippen LogP contribution in [0.2, 0.25) is 0 Å². The molecule has 0 unspecified atom stereocenters. The van der Waals surface area contributed by atoms with Gasteiger partial charge in [-0.15, -0.1) is 0 Å². The largest absolute Gasteiger partial charge is 0.457 e. The summed E-state index contributed by atoms with van der Waals surface area (Å²) >= 11 is 0. The van der Waals surface area contributed by atoms with Crippen molar-refractivity contribution in [3.05, 3.63) is 180 Å². The molecule has 1 aliphatic carbocycles. The van der Waals surface area contributed by atoms with E-state index in [4.69, 9.17) is 9.72 Å². The number of ether oxygens (including phenoxy) is 1. The van der Waals surface area contributed by atoms with Crippen molar-refractivity contribution in [2.24, 2.45) is 0 Å². The zero-order chi connectivity index (χ0) is 30.2. The van der Waals surface area contributed by atoms with Crippen LogP contribution in [0, 0.1) is 0 Å². The average Bonchev–Trinajstić information content (AvgIpc) is 3.42. The zero-order valence-electron chi connectivity index (χ0n) is 24.8. The first-order chi connectivity index (χ1) is 22.8. The average molecular weight is 587 g/mol. The van der Waals surface area contributed by atoms with Crippen LogP contribution in [-0.4, -0.2) is 9.97 Å². The van der Waals surface area contributed by atoms with Crippen molar-refractivity contribution >= 4 is 21.7 Å². The molecule has 0 saturated heterocycles. The van der Waals surface area contributed by atoms with Gasteiger partial charge in [0.15, 0.2) is 0 Å². The van der Waals surface area contributed by atoms with E-state index in [2.05, 4.69) is 145 Å². The summed E-state index contributed by atoms with van der Waals surface area (Å²) in [7, 11) is 0. The standard InChI is InChI=1S/C43H26N2O/c1-3-9-35-32(7-1)33-8-2-4-10-36(33)43(35)37-11-5-6-12-40(37)46-41-22-20-31(25-38(41)43)27-13-16-29(17-14-27)39-21-19-30-18-15-28-23-24-44-26-34(28)42(30)45-39/h1-26H. The van der Waals surface area contributed by atoms with Crippen molar-refractivity contribution in [1.82, 2.24) is 9.97 Å². The molecule has 3 nitrogen and oxygen atoms in total. The van der Waals surface area contributed by atoms with Crippen LogP contribution in [0.4, 0.5) is 0 Å². The van der Waals surface area contributed by atoms with Gasteiger partial charge in [-0.05, 0) is 69.1 Å². The van der Waals surface area contributed by atoms with E-state index in [1.54, 1.807) is 0 Å². The summed E-state index contributed by atoms with van der Waals surface area (Å²) in [5.74, 6) is 1.80. The third-order valence-electron chi connectivity index (χ3n) is 9.84. The van der Waals surface area contributed by atoms with Crippen molar-refractivity contribution in [3.8, 4) is 45.0 Å². The number of rotatable bonds is 2. The summed E-state index contributed by atoms with van der Waals surface area (Å²) < 4.78 is 6.61. The number of fused-ring (bicyclic) bond motifs is 12. The molecule has 2 aliphatic rings.